The number of alkyl halides is 1. The van der Waals surface area contributed by atoms with Crippen molar-refractivity contribution >= 4 is 48.5 Å². The molecule has 0 unspecified atom stereocenters. The second-order valence-electron chi connectivity index (χ2n) is 6.20. The molecule has 136 valence electrons. The Morgan fingerprint density at radius 3 is 2.69 bits per heavy atom. The van der Waals surface area contributed by atoms with Crippen LogP contribution < -0.4 is 10.1 Å². The maximum Gasteiger partial charge on any atom is 0.240 e. The summed E-state index contributed by atoms with van der Waals surface area (Å²) in [5.41, 5.74) is 1.69. The van der Waals surface area contributed by atoms with E-state index in [1.807, 2.05) is 32.0 Å². The molecule has 0 spiro atoms. The van der Waals surface area contributed by atoms with Gasteiger partial charge in [0, 0.05) is 0 Å². The molecule has 26 heavy (non-hydrogen) atoms. The van der Waals surface area contributed by atoms with Gasteiger partial charge in [0.15, 0.2) is 5.13 Å². The van der Waals surface area contributed by atoms with Crippen LogP contribution in [0.5, 0.6) is 5.75 Å². The van der Waals surface area contributed by atoms with E-state index in [2.05, 4.69) is 26.2 Å². The predicted octanol–water partition coefficient (Wildman–Crippen LogP) is 5.37. The Kier molecular flexibility index (Phi) is 5.88. The lowest BCUT2D eigenvalue weighted by atomic mass is 10.1. The summed E-state index contributed by atoms with van der Waals surface area (Å²) in [5, 5.41) is 3.40. The first-order valence-corrected chi connectivity index (χ1v) is 9.88. The minimum Gasteiger partial charge on any atom is -0.489 e. The molecule has 0 saturated heterocycles. The van der Waals surface area contributed by atoms with Gasteiger partial charge in [0.2, 0.25) is 5.91 Å². The number of hydrogen-bond acceptors (Lipinski definition) is 4. The molecule has 1 heterocycles. The number of fused-ring (bicyclic) bond motifs is 1. The Bertz CT molecular complexity index is 912. The van der Waals surface area contributed by atoms with E-state index in [9.17, 15) is 9.18 Å². The quantitative estimate of drug-likeness (QED) is 0.528. The maximum atomic E-state index is 12.9. The van der Waals surface area contributed by atoms with Crippen molar-refractivity contribution < 1.29 is 13.9 Å². The number of nitrogens with one attached hydrogen (secondary N) is 1. The fourth-order valence-corrected chi connectivity index (χ4v) is 3.28. The summed E-state index contributed by atoms with van der Waals surface area (Å²) in [4.78, 5) is 16.3. The molecule has 0 aliphatic rings. The predicted molar refractivity (Wildman–Crippen MR) is 107 cm³/mol. The molecule has 1 aromatic heterocycles. The molecule has 1 amide bonds. The molecular formula is C19H18BrFN2O2S. The van der Waals surface area contributed by atoms with E-state index in [1.165, 1.54) is 23.5 Å². The van der Waals surface area contributed by atoms with Gasteiger partial charge in [0.1, 0.15) is 18.2 Å². The molecule has 1 atom stereocenters. The van der Waals surface area contributed by atoms with Gasteiger partial charge in [-0.05, 0) is 41.8 Å². The number of thiazole rings is 1. The van der Waals surface area contributed by atoms with Crippen LogP contribution in [0.3, 0.4) is 0 Å². The summed E-state index contributed by atoms with van der Waals surface area (Å²) < 4.78 is 19.6. The van der Waals surface area contributed by atoms with Crippen LogP contribution in [0.25, 0.3) is 10.2 Å². The fourth-order valence-electron chi connectivity index (χ4n) is 2.27. The van der Waals surface area contributed by atoms with Crippen LogP contribution in [0.4, 0.5) is 9.52 Å². The van der Waals surface area contributed by atoms with E-state index in [0.29, 0.717) is 17.5 Å². The van der Waals surface area contributed by atoms with Crippen LogP contribution in [0, 0.1) is 11.7 Å². The van der Waals surface area contributed by atoms with Gasteiger partial charge in [0.05, 0.1) is 15.0 Å². The lowest BCUT2D eigenvalue weighted by Gasteiger charge is -2.11. The second-order valence-corrected chi connectivity index (χ2v) is 8.22. The number of hydrogen-bond donors (Lipinski definition) is 1. The number of nitrogens with zero attached hydrogens (tertiary/aromatic N) is 1. The zero-order chi connectivity index (χ0) is 18.7. The Morgan fingerprint density at radius 1 is 1.27 bits per heavy atom. The van der Waals surface area contributed by atoms with E-state index < -0.39 is 0 Å². The van der Waals surface area contributed by atoms with Crippen LogP contribution in [0.2, 0.25) is 0 Å². The van der Waals surface area contributed by atoms with Gasteiger partial charge in [-0.2, -0.15) is 0 Å². The fraction of sp³-hybridized carbons (Fsp3) is 0.263. The van der Waals surface area contributed by atoms with Crippen molar-refractivity contribution in [2.24, 2.45) is 5.92 Å². The smallest absolute Gasteiger partial charge is 0.240 e. The Morgan fingerprint density at radius 2 is 2.00 bits per heavy atom. The van der Waals surface area contributed by atoms with Crippen LogP contribution in [0.1, 0.15) is 19.4 Å². The Balaban J connectivity index is 1.69. The highest BCUT2D eigenvalue weighted by Crippen LogP contribution is 2.30. The number of benzene rings is 2. The van der Waals surface area contributed by atoms with Crippen molar-refractivity contribution in [3.8, 4) is 5.75 Å². The minimum atomic E-state index is -0.266. The van der Waals surface area contributed by atoms with Crippen LogP contribution >= 0.6 is 27.3 Å². The zero-order valence-corrected chi connectivity index (χ0v) is 16.7. The van der Waals surface area contributed by atoms with Gasteiger partial charge < -0.3 is 10.1 Å². The number of aromatic nitrogens is 1. The third-order valence-electron chi connectivity index (χ3n) is 3.74. The zero-order valence-electron chi connectivity index (χ0n) is 14.3. The monoisotopic (exact) mass is 436 g/mol. The van der Waals surface area contributed by atoms with Gasteiger partial charge in [0.25, 0.3) is 0 Å². The number of amides is 1. The van der Waals surface area contributed by atoms with Crippen LogP contribution in [0.15, 0.2) is 42.5 Å². The molecule has 0 fully saturated rings. The van der Waals surface area contributed by atoms with Crippen LogP contribution in [-0.2, 0) is 11.4 Å². The number of carbonyl (C=O) groups excluding carboxylic acids is 1. The summed E-state index contributed by atoms with van der Waals surface area (Å²) in [6.07, 6.45) is 0. The van der Waals surface area contributed by atoms with Gasteiger partial charge in [-0.25, -0.2) is 9.37 Å². The summed E-state index contributed by atoms with van der Waals surface area (Å²) >= 11 is 4.79. The number of ether oxygens (including phenoxy) is 1. The van der Waals surface area contributed by atoms with E-state index in [1.54, 1.807) is 12.1 Å². The molecule has 4 nitrogen and oxygen atoms in total. The normalized spacial score (nSPS) is 12.3. The molecule has 0 saturated carbocycles. The summed E-state index contributed by atoms with van der Waals surface area (Å²) in [6.45, 7) is 4.30. The number of anilines is 1. The SMILES string of the molecule is CC(C)[C@@H](Br)C(=O)Nc1nc2ccc(OCc3ccc(F)cc3)cc2s1. The van der Waals surface area contributed by atoms with Gasteiger partial charge in [-0.1, -0.05) is 53.2 Å². The third kappa shape index (κ3) is 4.59. The van der Waals surface area contributed by atoms with Crippen molar-refractivity contribution in [3.05, 3.63) is 53.8 Å². The van der Waals surface area contributed by atoms with E-state index in [0.717, 1.165) is 15.8 Å². The van der Waals surface area contributed by atoms with E-state index in [4.69, 9.17) is 4.74 Å². The van der Waals surface area contributed by atoms with Crippen LogP contribution in [-0.4, -0.2) is 15.7 Å². The molecule has 0 aliphatic carbocycles. The summed E-state index contributed by atoms with van der Waals surface area (Å²) in [5.74, 6) is 0.518. The number of halogens is 2. The molecule has 2 aromatic carbocycles. The molecule has 0 radical (unpaired) electrons. The molecular weight excluding hydrogens is 419 g/mol. The molecule has 1 N–H and O–H groups in total. The number of carbonyl (C=O) groups is 1. The lowest BCUT2D eigenvalue weighted by Crippen LogP contribution is -2.26. The van der Waals surface area contributed by atoms with Gasteiger partial charge >= 0.3 is 0 Å². The van der Waals surface area contributed by atoms with Crippen molar-refractivity contribution in [3.63, 3.8) is 0 Å². The summed E-state index contributed by atoms with van der Waals surface area (Å²) in [7, 11) is 0. The highest BCUT2D eigenvalue weighted by molar-refractivity contribution is 9.10. The van der Waals surface area contributed by atoms with E-state index in [-0.39, 0.29) is 22.5 Å². The van der Waals surface area contributed by atoms with E-state index >= 15 is 0 Å². The second kappa shape index (κ2) is 8.14. The lowest BCUT2D eigenvalue weighted by molar-refractivity contribution is -0.116. The van der Waals surface area contributed by atoms with Crippen molar-refractivity contribution in [1.29, 1.82) is 0 Å². The Labute approximate surface area is 163 Å². The molecule has 3 rings (SSSR count). The third-order valence-corrected chi connectivity index (χ3v) is 6.15. The standard InChI is InChI=1S/C19H18BrFN2O2S/c1-11(2)17(20)18(24)23-19-22-15-8-7-14(9-16(15)26-19)25-10-12-3-5-13(21)6-4-12/h3-9,11,17H,10H2,1-2H3,(H,22,23,24)/t17-/m1/s1. The first kappa shape index (κ1) is 18.8. The minimum absolute atomic E-state index is 0.105. The highest BCUT2D eigenvalue weighted by Gasteiger charge is 2.19. The number of rotatable bonds is 6. The first-order chi connectivity index (χ1) is 12.4. The van der Waals surface area contributed by atoms with Gasteiger partial charge in [-0.15, -0.1) is 0 Å². The first-order valence-electron chi connectivity index (χ1n) is 8.15. The Hall–Kier alpha value is -1.99. The maximum absolute atomic E-state index is 12.9. The molecule has 7 heteroatoms. The topological polar surface area (TPSA) is 51.2 Å². The molecule has 0 aliphatic heterocycles. The van der Waals surface area contributed by atoms with Crippen molar-refractivity contribution in [1.82, 2.24) is 4.98 Å². The largest absolute Gasteiger partial charge is 0.489 e. The highest BCUT2D eigenvalue weighted by atomic mass is 79.9. The summed E-state index contributed by atoms with van der Waals surface area (Å²) in [6, 6.07) is 11.8. The van der Waals surface area contributed by atoms with Crippen molar-refractivity contribution in [2.75, 3.05) is 5.32 Å². The average molecular weight is 437 g/mol. The van der Waals surface area contributed by atoms with Crippen molar-refractivity contribution in [2.45, 2.75) is 25.3 Å². The van der Waals surface area contributed by atoms with Gasteiger partial charge in [-0.3, -0.25) is 4.79 Å². The molecule has 0 bridgehead atoms. The molecule has 3 aromatic rings. The average Bonchev–Trinajstić information content (AvgIpc) is 3.01.